The maximum Gasteiger partial charge on any atom is 0.244 e. The third-order valence-corrected chi connectivity index (χ3v) is 2.71. The molecule has 0 saturated carbocycles. The zero-order valence-corrected chi connectivity index (χ0v) is 11.1. The van der Waals surface area contributed by atoms with Gasteiger partial charge in [-0.25, -0.2) is 0 Å². The van der Waals surface area contributed by atoms with Crippen LogP contribution in [0.5, 0.6) is 0 Å². The molecular formula is C16H14N2O2. The quantitative estimate of drug-likeness (QED) is 0.865. The van der Waals surface area contributed by atoms with E-state index in [2.05, 4.69) is 11.4 Å². The summed E-state index contributed by atoms with van der Waals surface area (Å²) < 4.78 is 5.32. The summed E-state index contributed by atoms with van der Waals surface area (Å²) in [6.07, 6.45) is 3.06. The van der Waals surface area contributed by atoms with Crippen molar-refractivity contribution in [2.45, 2.75) is 13.5 Å². The minimum atomic E-state index is -0.191. The fourth-order valence-electron chi connectivity index (χ4n) is 1.65. The predicted octanol–water partition coefficient (Wildman–Crippen LogP) is 2.79. The first kappa shape index (κ1) is 13.6. The molecule has 1 heterocycles. The maximum absolute atomic E-state index is 11.6. The van der Waals surface area contributed by atoms with E-state index in [0.29, 0.717) is 17.9 Å². The van der Waals surface area contributed by atoms with E-state index in [1.165, 1.54) is 6.08 Å². The Morgan fingerprint density at radius 3 is 2.65 bits per heavy atom. The van der Waals surface area contributed by atoms with Crippen molar-refractivity contribution >= 4 is 12.0 Å². The summed E-state index contributed by atoms with van der Waals surface area (Å²) in [5.74, 6) is 1.27. The highest BCUT2D eigenvalue weighted by atomic mass is 16.3. The molecule has 1 aromatic carbocycles. The van der Waals surface area contributed by atoms with E-state index in [1.54, 1.807) is 24.3 Å². The number of hydrogen-bond acceptors (Lipinski definition) is 3. The number of benzene rings is 1. The molecule has 2 rings (SSSR count). The summed E-state index contributed by atoms with van der Waals surface area (Å²) in [6.45, 7) is 2.27. The van der Waals surface area contributed by atoms with E-state index in [-0.39, 0.29) is 5.91 Å². The third kappa shape index (κ3) is 3.85. The molecule has 0 unspecified atom stereocenters. The van der Waals surface area contributed by atoms with Crippen molar-refractivity contribution in [2.75, 3.05) is 0 Å². The highest BCUT2D eigenvalue weighted by Gasteiger charge is 1.99. The van der Waals surface area contributed by atoms with Crippen LogP contribution in [-0.2, 0) is 11.3 Å². The van der Waals surface area contributed by atoms with Gasteiger partial charge in [0.05, 0.1) is 11.6 Å². The van der Waals surface area contributed by atoms with Crippen LogP contribution in [0.1, 0.15) is 22.6 Å². The molecule has 0 bridgehead atoms. The normalized spacial score (nSPS) is 10.4. The Balaban J connectivity index is 1.85. The van der Waals surface area contributed by atoms with Crippen LogP contribution in [0.4, 0.5) is 0 Å². The summed E-state index contributed by atoms with van der Waals surface area (Å²) in [5, 5.41) is 11.5. The van der Waals surface area contributed by atoms with Crippen LogP contribution >= 0.6 is 0 Å². The third-order valence-electron chi connectivity index (χ3n) is 2.71. The zero-order chi connectivity index (χ0) is 14.4. The molecule has 4 nitrogen and oxygen atoms in total. The molecule has 0 atom stereocenters. The summed E-state index contributed by atoms with van der Waals surface area (Å²) in [5.41, 5.74) is 1.55. The minimum Gasteiger partial charge on any atom is -0.462 e. The van der Waals surface area contributed by atoms with E-state index in [0.717, 1.165) is 11.3 Å². The number of hydrogen-bond donors (Lipinski definition) is 1. The first-order chi connectivity index (χ1) is 9.67. The maximum atomic E-state index is 11.6. The average Bonchev–Trinajstić information content (AvgIpc) is 2.89. The van der Waals surface area contributed by atoms with E-state index in [1.807, 2.05) is 25.1 Å². The van der Waals surface area contributed by atoms with Crippen molar-refractivity contribution in [2.24, 2.45) is 0 Å². The van der Waals surface area contributed by atoms with E-state index >= 15 is 0 Å². The molecule has 100 valence electrons. The van der Waals surface area contributed by atoms with Crippen LogP contribution in [0, 0.1) is 18.3 Å². The molecule has 0 aliphatic carbocycles. The summed E-state index contributed by atoms with van der Waals surface area (Å²) in [6, 6.07) is 12.8. The second kappa shape index (κ2) is 6.39. The molecule has 1 aromatic heterocycles. The van der Waals surface area contributed by atoms with Crippen LogP contribution in [-0.4, -0.2) is 5.91 Å². The van der Waals surface area contributed by atoms with Gasteiger partial charge in [-0.3, -0.25) is 4.79 Å². The molecule has 0 radical (unpaired) electrons. The van der Waals surface area contributed by atoms with Crippen LogP contribution in [0.15, 0.2) is 46.9 Å². The molecule has 4 heteroatoms. The Morgan fingerprint density at radius 2 is 2.05 bits per heavy atom. The number of rotatable bonds is 4. The monoisotopic (exact) mass is 266 g/mol. The molecule has 2 aromatic rings. The van der Waals surface area contributed by atoms with Crippen LogP contribution in [0.25, 0.3) is 6.08 Å². The molecule has 0 aliphatic rings. The van der Waals surface area contributed by atoms with Crippen molar-refractivity contribution in [3.63, 3.8) is 0 Å². The van der Waals surface area contributed by atoms with E-state index in [4.69, 9.17) is 9.68 Å². The molecular weight excluding hydrogens is 252 g/mol. The van der Waals surface area contributed by atoms with Gasteiger partial charge in [0, 0.05) is 12.6 Å². The Hall–Kier alpha value is -2.80. The van der Waals surface area contributed by atoms with E-state index in [9.17, 15) is 4.79 Å². The van der Waals surface area contributed by atoms with Crippen molar-refractivity contribution in [1.82, 2.24) is 5.32 Å². The molecule has 0 aliphatic heterocycles. The van der Waals surface area contributed by atoms with E-state index < -0.39 is 0 Å². The second-order valence-electron chi connectivity index (χ2n) is 4.31. The number of amides is 1. The first-order valence-electron chi connectivity index (χ1n) is 6.19. The number of nitrogens with one attached hydrogen (secondary N) is 1. The van der Waals surface area contributed by atoms with Crippen molar-refractivity contribution in [3.05, 3.63) is 65.1 Å². The van der Waals surface area contributed by atoms with Gasteiger partial charge in [0.15, 0.2) is 0 Å². The Kier molecular flexibility index (Phi) is 4.35. The van der Waals surface area contributed by atoms with Gasteiger partial charge in [-0.05, 0) is 42.8 Å². The zero-order valence-electron chi connectivity index (χ0n) is 11.1. The molecule has 1 N–H and O–H groups in total. The van der Waals surface area contributed by atoms with Gasteiger partial charge in [0.1, 0.15) is 11.5 Å². The summed E-state index contributed by atoms with van der Waals surface area (Å²) >= 11 is 0. The Labute approximate surface area is 117 Å². The Morgan fingerprint density at radius 1 is 1.30 bits per heavy atom. The molecule has 0 saturated heterocycles. The lowest BCUT2D eigenvalue weighted by atomic mass is 10.1. The number of nitrogens with zero attached hydrogens (tertiary/aromatic N) is 1. The van der Waals surface area contributed by atoms with Crippen LogP contribution < -0.4 is 5.32 Å². The van der Waals surface area contributed by atoms with Crippen molar-refractivity contribution < 1.29 is 9.21 Å². The number of nitriles is 1. The smallest absolute Gasteiger partial charge is 0.244 e. The lowest BCUT2D eigenvalue weighted by molar-refractivity contribution is -0.116. The van der Waals surface area contributed by atoms with Gasteiger partial charge in [-0.15, -0.1) is 0 Å². The number of aryl methyl sites for hydroxylation is 1. The predicted molar refractivity (Wildman–Crippen MR) is 75.5 cm³/mol. The molecule has 20 heavy (non-hydrogen) atoms. The van der Waals surface area contributed by atoms with Gasteiger partial charge in [-0.2, -0.15) is 5.26 Å². The van der Waals surface area contributed by atoms with Crippen molar-refractivity contribution in [1.29, 1.82) is 5.26 Å². The van der Waals surface area contributed by atoms with Gasteiger partial charge in [-0.1, -0.05) is 12.1 Å². The Bertz CT molecular complexity index is 661. The summed E-state index contributed by atoms with van der Waals surface area (Å²) in [7, 11) is 0. The first-order valence-corrected chi connectivity index (χ1v) is 6.19. The van der Waals surface area contributed by atoms with Gasteiger partial charge >= 0.3 is 0 Å². The molecule has 0 spiro atoms. The second-order valence-corrected chi connectivity index (χ2v) is 4.31. The van der Waals surface area contributed by atoms with Gasteiger partial charge in [0.2, 0.25) is 5.91 Å². The van der Waals surface area contributed by atoms with Crippen LogP contribution in [0.2, 0.25) is 0 Å². The lowest BCUT2D eigenvalue weighted by Gasteiger charge is -2.02. The average molecular weight is 266 g/mol. The number of carbonyl (C=O) groups is 1. The van der Waals surface area contributed by atoms with Crippen molar-refractivity contribution in [3.8, 4) is 6.07 Å². The number of furan rings is 1. The topological polar surface area (TPSA) is 66.0 Å². The largest absolute Gasteiger partial charge is 0.462 e. The molecule has 1 amide bonds. The lowest BCUT2D eigenvalue weighted by Crippen LogP contribution is -2.20. The van der Waals surface area contributed by atoms with Gasteiger partial charge in [0.25, 0.3) is 0 Å². The fourth-order valence-corrected chi connectivity index (χ4v) is 1.65. The fraction of sp³-hybridized carbons (Fsp3) is 0.125. The minimum absolute atomic E-state index is 0.191. The molecule has 0 fully saturated rings. The van der Waals surface area contributed by atoms with Gasteiger partial charge < -0.3 is 9.73 Å². The van der Waals surface area contributed by atoms with Crippen LogP contribution in [0.3, 0.4) is 0 Å². The summed E-state index contributed by atoms with van der Waals surface area (Å²) in [4.78, 5) is 11.6. The SMILES string of the molecule is Cc1ccc(/C=C/C(=O)NCc2ccc(C#N)cc2)o1. The standard InChI is InChI=1S/C16H14N2O2/c1-12-2-7-15(20-12)8-9-16(19)18-11-14-5-3-13(10-17)4-6-14/h2-9H,11H2,1H3,(H,18,19)/b9-8+. The highest BCUT2D eigenvalue weighted by molar-refractivity contribution is 5.91. The number of carbonyl (C=O) groups excluding carboxylic acids is 1. The highest BCUT2D eigenvalue weighted by Crippen LogP contribution is 2.07.